The molecule has 1 heterocycles. The average molecular weight is 180 g/mol. The minimum absolute atomic E-state index is 0.495. The van der Waals surface area contributed by atoms with Crippen molar-refractivity contribution in [3.05, 3.63) is 18.2 Å². The van der Waals surface area contributed by atoms with Gasteiger partial charge in [-0.1, -0.05) is 0 Å². The van der Waals surface area contributed by atoms with E-state index in [1.165, 1.54) is 0 Å². The number of carboxylic acid groups (broad SMARTS) is 1. The molecule has 13 heavy (non-hydrogen) atoms. The van der Waals surface area contributed by atoms with Gasteiger partial charge in [0, 0.05) is 18.9 Å². The molecule has 0 aromatic carbocycles. The van der Waals surface area contributed by atoms with E-state index in [0.29, 0.717) is 6.54 Å². The van der Waals surface area contributed by atoms with E-state index in [2.05, 4.69) is 4.98 Å². The summed E-state index contributed by atoms with van der Waals surface area (Å²) in [6, 6.07) is 0. The molecule has 0 bridgehead atoms. The van der Waals surface area contributed by atoms with E-state index in [1.807, 2.05) is 17.7 Å². The highest BCUT2D eigenvalue weighted by atomic mass is 16.4. The number of hydrogen-bond acceptors (Lipinski definition) is 2. The van der Waals surface area contributed by atoms with Gasteiger partial charge in [0.15, 0.2) is 0 Å². The van der Waals surface area contributed by atoms with Gasteiger partial charge >= 0.3 is 5.97 Å². The number of hydrogen-bond donors (Lipinski definition) is 1. The van der Waals surface area contributed by atoms with Crippen molar-refractivity contribution in [1.29, 1.82) is 0 Å². The van der Waals surface area contributed by atoms with Crippen molar-refractivity contribution in [3.63, 3.8) is 0 Å². The molecular weight excluding hydrogens is 168 g/mol. The monoisotopic (exact) mass is 180 g/mol. The molecule has 0 atom stereocenters. The minimum atomic E-state index is -0.680. The normalized spacial score (nSPS) is 18.5. The third kappa shape index (κ3) is 1.32. The molecule has 1 aliphatic carbocycles. The Balaban J connectivity index is 2.15. The maximum atomic E-state index is 10.9. The number of imidazole rings is 1. The van der Waals surface area contributed by atoms with Crippen LogP contribution in [0.25, 0.3) is 0 Å². The lowest BCUT2D eigenvalue weighted by atomic mass is 10.1. The van der Waals surface area contributed by atoms with E-state index in [-0.39, 0.29) is 0 Å². The number of aromatic nitrogens is 2. The molecule has 0 amide bonds. The number of carboxylic acids is 1. The molecule has 0 saturated heterocycles. The Labute approximate surface area is 76.2 Å². The van der Waals surface area contributed by atoms with Gasteiger partial charge in [0.1, 0.15) is 5.82 Å². The molecule has 0 spiro atoms. The Morgan fingerprint density at radius 3 is 2.85 bits per heavy atom. The molecule has 4 heteroatoms. The van der Waals surface area contributed by atoms with Gasteiger partial charge in [-0.2, -0.15) is 0 Å². The van der Waals surface area contributed by atoms with E-state index >= 15 is 0 Å². The van der Waals surface area contributed by atoms with Crippen LogP contribution in [0.15, 0.2) is 12.4 Å². The van der Waals surface area contributed by atoms with Crippen LogP contribution in [0.2, 0.25) is 0 Å². The molecule has 1 saturated carbocycles. The first-order valence-electron chi connectivity index (χ1n) is 4.35. The molecule has 0 aliphatic heterocycles. The highest BCUT2D eigenvalue weighted by Gasteiger charge is 2.50. The van der Waals surface area contributed by atoms with Gasteiger partial charge in [0.05, 0.1) is 5.41 Å². The lowest BCUT2D eigenvalue weighted by Crippen LogP contribution is -2.21. The summed E-state index contributed by atoms with van der Waals surface area (Å²) in [7, 11) is 0. The van der Waals surface area contributed by atoms with Crippen LogP contribution in [-0.2, 0) is 11.3 Å². The number of nitrogens with zero attached hydrogens (tertiary/aromatic N) is 2. The van der Waals surface area contributed by atoms with Crippen LogP contribution in [0, 0.1) is 12.3 Å². The second-order valence-electron chi connectivity index (χ2n) is 3.69. The van der Waals surface area contributed by atoms with Crippen molar-refractivity contribution < 1.29 is 9.90 Å². The summed E-state index contributed by atoms with van der Waals surface area (Å²) in [5.74, 6) is 0.202. The Kier molecular flexibility index (Phi) is 1.65. The first-order chi connectivity index (χ1) is 6.14. The van der Waals surface area contributed by atoms with Crippen LogP contribution >= 0.6 is 0 Å². The maximum absolute atomic E-state index is 10.9. The molecule has 1 aliphatic rings. The molecule has 1 aromatic rings. The second-order valence-corrected chi connectivity index (χ2v) is 3.69. The van der Waals surface area contributed by atoms with Crippen LogP contribution < -0.4 is 0 Å². The lowest BCUT2D eigenvalue weighted by molar-refractivity contribution is -0.143. The Morgan fingerprint density at radius 2 is 2.46 bits per heavy atom. The summed E-state index contributed by atoms with van der Waals surface area (Å²) in [5, 5.41) is 8.96. The van der Waals surface area contributed by atoms with Gasteiger partial charge in [-0.25, -0.2) is 4.98 Å². The minimum Gasteiger partial charge on any atom is -0.481 e. The van der Waals surface area contributed by atoms with Crippen LogP contribution in [0.5, 0.6) is 0 Å². The molecule has 1 N–H and O–H groups in total. The zero-order valence-electron chi connectivity index (χ0n) is 7.53. The summed E-state index contributed by atoms with van der Waals surface area (Å²) in [5.41, 5.74) is -0.495. The largest absolute Gasteiger partial charge is 0.481 e. The fourth-order valence-electron chi connectivity index (χ4n) is 1.49. The van der Waals surface area contributed by atoms with Gasteiger partial charge in [-0.05, 0) is 19.8 Å². The van der Waals surface area contributed by atoms with E-state index in [4.69, 9.17) is 5.11 Å². The highest BCUT2D eigenvalue weighted by molar-refractivity contribution is 5.77. The first kappa shape index (κ1) is 8.29. The van der Waals surface area contributed by atoms with Crippen molar-refractivity contribution >= 4 is 5.97 Å². The molecule has 2 rings (SSSR count). The average Bonchev–Trinajstić information content (AvgIpc) is 2.74. The summed E-state index contributed by atoms with van der Waals surface area (Å²) >= 11 is 0. The third-order valence-electron chi connectivity index (χ3n) is 2.70. The van der Waals surface area contributed by atoms with Crippen molar-refractivity contribution in [2.45, 2.75) is 26.3 Å². The van der Waals surface area contributed by atoms with Crippen molar-refractivity contribution in [2.75, 3.05) is 0 Å². The van der Waals surface area contributed by atoms with Crippen LogP contribution in [-0.4, -0.2) is 20.6 Å². The Bertz CT molecular complexity index is 339. The molecule has 0 unspecified atom stereocenters. The molecular formula is C9H12N2O2. The number of aliphatic carboxylic acids is 1. The number of rotatable bonds is 3. The fraction of sp³-hybridized carbons (Fsp3) is 0.556. The fourth-order valence-corrected chi connectivity index (χ4v) is 1.49. The SMILES string of the molecule is Cc1nccn1CC1(C(=O)O)CC1. The lowest BCUT2D eigenvalue weighted by Gasteiger charge is -2.11. The number of aryl methyl sites for hydroxylation is 1. The molecule has 70 valence electrons. The maximum Gasteiger partial charge on any atom is 0.311 e. The second kappa shape index (κ2) is 2.58. The summed E-state index contributed by atoms with van der Waals surface area (Å²) < 4.78 is 1.90. The third-order valence-corrected chi connectivity index (χ3v) is 2.70. The molecule has 1 aromatic heterocycles. The molecule has 1 fully saturated rings. The van der Waals surface area contributed by atoms with Gasteiger partial charge in [0.25, 0.3) is 0 Å². The summed E-state index contributed by atoms with van der Waals surface area (Å²) in [4.78, 5) is 14.9. The van der Waals surface area contributed by atoms with E-state index in [1.54, 1.807) is 6.20 Å². The van der Waals surface area contributed by atoms with Crippen LogP contribution in [0.1, 0.15) is 18.7 Å². The standard InChI is InChI=1S/C9H12N2O2/c1-7-10-4-5-11(7)6-9(2-3-9)8(12)13/h4-5H,2-3,6H2,1H3,(H,12,13). The highest BCUT2D eigenvalue weighted by Crippen LogP contribution is 2.47. The topological polar surface area (TPSA) is 55.1 Å². The zero-order chi connectivity index (χ0) is 9.47. The summed E-state index contributed by atoms with van der Waals surface area (Å²) in [6.07, 6.45) is 5.12. The predicted octanol–water partition coefficient (Wildman–Crippen LogP) is 1.06. The van der Waals surface area contributed by atoms with Crippen molar-refractivity contribution in [3.8, 4) is 0 Å². The first-order valence-corrected chi connectivity index (χ1v) is 4.35. The molecule has 4 nitrogen and oxygen atoms in total. The number of carbonyl (C=O) groups is 1. The summed E-state index contributed by atoms with van der Waals surface area (Å²) in [6.45, 7) is 2.45. The van der Waals surface area contributed by atoms with Gasteiger partial charge in [0.2, 0.25) is 0 Å². The smallest absolute Gasteiger partial charge is 0.311 e. The van der Waals surface area contributed by atoms with Crippen molar-refractivity contribution in [1.82, 2.24) is 9.55 Å². The molecule has 0 radical (unpaired) electrons. The predicted molar refractivity (Wildman–Crippen MR) is 46.3 cm³/mol. The van der Waals surface area contributed by atoms with Gasteiger partial charge in [-0.3, -0.25) is 4.79 Å². The van der Waals surface area contributed by atoms with Gasteiger partial charge in [-0.15, -0.1) is 0 Å². The van der Waals surface area contributed by atoms with E-state index < -0.39 is 11.4 Å². The quantitative estimate of drug-likeness (QED) is 0.756. The zero-order valence-corrected chi connectivity index (χ0v) is 7.53. The van der Waals surface area contributed by atoms with Crippen LogP contribution in [0.4, 0.5) is 0 Å². The van der Waals surface area contributed by atoms with Gasteiger partial charge < -0.3 is 9.67 Å². The van der Waals surface area contributed by atoms with E-state index in [0.717, 1.165) is 18.7 Å². The van der Waals surface area contributed by atoms with Crippen molar-refractivity contribution in [2.24, 2.45) is 5.41 Å². The van der Waals surface area contributed by atoms with E-state index in [9.17, 15) is 4.79 Å². The van der Waals surface area contributed by atoms with Crippen LogP contribution in [0.3, 0.4) is 0 Å². The Hall–Kier alpha value is -1.32. The Morgan fingerprint density at radius 1 is 1.77 bits per heavy atom.